The molecule has 1 unspecified atom stereocenters. The molecule has 1 aromatic heterocycles. The van der Waals surface area contributed by atoms with Crippen LogP contribution in [-0.2, 0) is 5.88 Å². The molecular formula is C9H13ClN2S. The summed E-state index contributed by atoms with van der Waals surface area (Å²) in [4.78, 5) is 6.85. The highest BCUT2D eigenvalue weighted by atomic mass is 35.5. The largest absolute Gasteiger partial charge is 0.345 e. The third kappa shape index (κ3) is 1.81. The van der Waals surface area contributed by atoms with Crippen LogP contribution in [0.3, 0.4) is 0 Å². The van der Waals surface area contributed by atoms with Crippen molar-refractivity contribution < 1.29 is 0 Å². The number of halogens is 1. The third-order valence-electron chi connectivity index (χ3n) is 2.48. The molecule has 0 amide bonds. The lowest BCUT2D eigenvalue weighted by atomic mass is 10.2. The van der Waals surface area contributed by atoms with Gasteiger partial charge < -0.3 is 4.90 Å². The number of nitrogens with zero attached hydrogens (tertiary/aromatic N) is 2. The average Bonchev–Trinajstić information content (AvgIpc) is 2.71. The molecule has 1 fully saturated rings. The van der Waals surface area contributed by atoms with E-state index in [1.165, 1.54) is 12.8 Å². The van der Waals surface area contributed by atoms with Crippen molar-refractivity contribution in [3.63, 3.8) is 0 Å². The van der Waals surface area contributed by atoms with Gasteiger partial charge in [-0.05, 0) is 19.8 Å². The minimum Gasteiger partial charge on any atom is -0.345 e. The highest BCUT2D eigenvalue weighted by molar-refractivity contribution is 7.13. The van der Waals surface area contributed by atoms with Gasteiger partial charge in [0.2, 0.25) is 0 Å². The van der Waals surface area contributed by atoms with Gasteiger partial charge in [0.25, 0.3) is 0 Å². The van der Waals surface area contributed by atoms with Gasteiger partial charge >= 0.3 is 0 Å². The summed E-state index contributed by atoms with van der Waals surface area (Å²) in [6.45, 7) is 3.41. The Balaban J connectivity index is 2.15. The van der Waals surface area contributed by atoms with Gasteiger partial charge in [0.1, 0.15) is 0 Å². The van der Waals surface area contributed by atoms with Gasteiger partial charge in [0.15, 0.2) is 5.13 Å². The van der Waals surface area contributed by atoms with Crippen molar-refractivity contribution in [1.82, 2.24) is 4.98 Å². The standard InChI is InChI=1S/C9H13ClN2S/c1-7-3-2-4-12(7)9-11-8(5-10)6-13-9/h6-7H,2-5H2,1H3. The van der Waals surface area contributed by atoms with E-state index in [1.807, 2.05) is 5.38 Å². The van der Waals surface area contributed by atoms with Gasteiger partial charge in [-0.1, -0.05) is 0 Å². The highest BCUT2D eigenvalue weighted by Gasteiger charge is 2.22. The number of rotatable bonds is 2. The quantitative estimate of drug-likeness (QED) is 0.707. The normalized spacial score (nSPS) is 22.6. The minimum absolute atomic E-state index is 0.527. The molecule has 2 nitrogen and oxygen atoms in total. The number of alkyl halides is 1. The first-order valence-electron chi connectivity index (χ1n) is 4.58. The van der Waals surface area contributed by atoms with Crippen LogP contribution in [0.1, 0.15) is 25.5 Å². The number of anilines is 1. The number of aromatic nitrogens is 1. The van der Waals surface area contributed by atoms with Crippen LogP contribution in [0.25, 0.3) is 0 Å². The molecule has 1 aliphatic heterocycles. The zero-order valence-electron chi connectivity index (χ0n) is 7.66. The third-order valence-corrected chi connectivity index (χ3v) is 3.68. The SMILES string of the molecule is CC1CCCN1c1nc(CCl)cs1. The minimum atomic E-state index is 0.527. The second kappa shape index (κ2) is 3.84. The zero-order chi connectivity index (χ0) is 9.26. The van der Waals surface area contributed by atoms with Gasteiger partial charge in [0.05, 0.1) is 11.6 Å². The van der Waals surface area contributed by atoms with Crippen molar-refractivity contribution in [3.05, 3.63) is 11.1 Å². The summed E-state index contributed by atoms with van der Waals surface area (Å²) in [7, 11) is 0. The molecule has 0 aromatic carbocycles. The van der Waals surface area contributed by atoms with Gasteiger partial charge in [0, 0.05) is 18.0 Å². The number of thiazole rings is 1. The van der Waals surface area contributed by atoms with Crippen LogP contribution >= 0.6 is 22.9 Å². The van der Waals surface area contributed by atoms with E-state index < -0.39 is 0 Å². The summed E-state index contributed by atoms with van der Waals surface area (Å²) in [5.41, 5.74) is 1.00. The van der Waals surface area contributed by atoms with Gasteiger partial charge in [-0.3, -0.25) is 0 Å². The van der Waals surface area contributed by atoms with E-state index in [0.717, 1.165) is 17.4 Å². The fraction of sp³-hybridized carbons (Fsp3) is 0.667. The molecule has 0 aliphatic carbocycles. The van der Waals surface area contributed by atoms with E-state index in [-0.39, 0.29) is 0 Å². The summed E-state index contributed by atoms with van der Waals surface area (Å²) < 4.78 is 0. The lowest BCUT2D eigenvalue weighted by molar-refractivity contribution is 0.732. The Kier molecular flexibility index (Phi) is 2.74. The number of hydrogen-bond acceptors (Lipinski definition) is 3. The first-order chi connectivity index (χ1) is 6.31. The van der Waals surface area contributed by atoms with Crippen LogP contribution in [0.15, 0.2) is 5.38 Å². The fourth-order valence-electron chi connectivity index (χ4n) is 1.71. The second-order valence-corrected chi connectivity index (χ2v) is 4.54. The van der Waals surface area contributed by atoms with Crippen molar-refractivity contribution >= 4 is 28.1 Å². The smallest absolute Gasteiger partial charge is 0.185 e. The van der Waals surface area contributed by atoms with E-state index in [1.54, 1.807) is 11.3 Å². The van der Waals surface area contributed by atoms with Crippen LogP contribution in [0.5, 0.6) is 0 Å². The van der Waals surface area contributed by atoms with E-state index in [4.69, 9.17) is 11.6 Å². The summed E-state index contributed by atoms with van der Waals surface area (Å²) in [6, 6.07) is 0.648. The molecule has 4 heteroatoms. The van der Waals surface area contributed by atoms with Gasteiger partial charge in [-0.15, -0.1) is 22.9 Å². The predicted octanol–water partition coefficient (Wildman–Crippen LogP) is 2.87. The molecule has 0 N–H and O–H groups in total. The Morgan fingerprint density at radius 2 is 2.62 bits per heavy atom. The van der Waals surface area contributed by atoms with Crippen LogP contribution in [0.4, 0.5) is 5.13 Å². The second-order valence-electron chi connectivity index (χ2n) is 3.44. The molecule has 1 aliphatic rings. The van der Waals surface area contributed by atoms with Crippen molar-refractivity contribution in [2.45, 2.75) is 31.7 Å². The van der Waals surface area contributed by atoms with Gasteiger partial charge in [-0.2, -0.15) is 0 Å². The Hall–Kier alpha value is -0.280. The summed E-state index contributed by atoms with van der Waals surface area (Å²) in [5, 5.41) is 3.19. The lowest BCUT2D eigenvalue weighted by Gasteiger charge is -2.19. The van der Waals surface area contributed by atoms with E-state index in [9.17, 15) is 0 Å². The Morgan fingerprint density at radius 3 is 3.15 bits per heavy atom. The van der Waals surface area contributed by atoms with Crippen molar-refractivity contribution in [3.8, 4) is 0 Å². The number of hydrogen-bond donors (Lipinski definition) is 0. The van der Waals surface area contributed by atoms with Crippen molar-refractivity contribution in [2.24, 2.45) is 0 Å². The molecule has 0 saturated carbocycles. The van der Waals surface area contributed by atoms with E-state index in [2.05, 4.69) is 16.8 Å². The van der Waals surface area contributed by atoms with Crippen molar-refractivity contribution in [2.75, 3.05) is 11.4 Å². The summed E-state index contributed by atoms with van der Waals surface area (Å²) >= 11 is 7.41. The zero-order valence-corrected chi connectivity index (χ0v) is 9.24. The first kappa shape index (κ1) is 9.28. The molecule has 0 bridgehead atoms. The Labute approximate surface area is 87.5 Å². The summed E-state index contributed by atoms with van der Waals surface area (Å²) in [5.74, 6) is 0.527. The van der Waals surface area contributed by atoms with Crippen LogP contribution in [0, 0.1) is 0 Å². The van der Waals surface area contributed by atoms with E-state index >= 15 is 0 Å². The van der Waals surface area contributed by atoms with Crippen LogP contribution in [0.2, 0.25) is 0 Å². The van der Waals surface area contributed by atoms with Crippen LogP contribution in [-0.4, -0.2) is 17.6 Å². The molecule has 1 atom stereocenters. The van der Waals surface area contributed by atoms with E-state index in [0.29, 0.717) is 11.9 Å². The molecule has 2 rings (SSSR count). The van der Waals surface area contributed by atoms with Crippen LogP contribution < -0.4 is 4.90 Å². The summed E-state index contributed by atoms with van der Waals surface area (Å²) in [6.07, 6.45) is 2.58. The first-order valence-corrected chi connectivity index (χ1v) is 5.99. The average molecular weight is 217 g/mol. The Bertz CT molecular complexity index is 287. The maximum atomic E-state index is 5.71. The molecule has 2 heterocycles. The Morgan fingerprint density at radius 1 is 1.77 bits per heavy atom. The maximum absolute atomic E-state index is 5.71. The fourth-order valence-corrected chi connectivity index (χ4v) is 2.89. The highest BCUT2D eigenvalue weighted by Crippen LogP contribution is 2.28. The predicted molar refractivity (Wildman–Crippen MR) is 57.7 cm³/mol. The molecule has 0 spiro atoms. The monoisotopic (exact) mass is 216 g/mol. The lowest BCUT2D eigenvalue weighted by Crippen LogP contribution is -2.25. The molecule has 1 aromatic rings. The van der Waals surface area contributed by atoms with Crippen molar-refractivity contribution in [1.29, 1.82) is 0 Å². The van der Waals surface area contributed by atoms with Gasteiger partial charge in [-0.25, -0.2) is 4.98 Å². The maximum Gasteiger partial charge on any atom is 0.185 e. The molecule has 13 heavy (non-hydrogen) atoms. The molecule has 72 valence electrons. The topological polar surface area (TPSA) is 16.1 Å². The molecular weight excluding hydrogens is 204 g/mol. The molecule has 1 saturated heterocycles. The molecule has 0 radical (unpaired) electrons.